The molecule has 0 bridgehead atoms. The number of aromatic nitrogens is 4. The van der Waals surface area contributed by atoms with Crippen LogP contribution >= 0.6 is 11.3 Å². The van der Waals surface area contributed by atoms with Crippen molar-refractivity contribution >= 4 is 17.2 Å². The third-order valence-electron chi connectivity index (χ3n) is 3.87. The van der Waals surface area contributed by atoms with Gasteiger partial charge >= 0.3 is 0 Å². The van der Waals surface area contributed by atoms with E-state index in [1.165, 1.54) is 11.3 Å². The van der Waals surface area contributed by atoms with Crippen molar-refractivity contribution in [2.45, 2.75) is 6.54 Å². The molecule has 0 radical (unpaired) electrons. The smallest absolute Gasteiger partial charge is 0.280 e. The molecule has 0 fully saturated rings. The maximum absolute atomic E-state index is 12.4. The highest BCUT2D eigenvalue weighted by Gasteiger charge is 2.17. The number of pyridine rings is 1. The predicted octanol–water partition coefficient (Wildman–Crippen LogP) is 3.19. The van der Waals surface area contributed by atoms with Gasteiger partial charge in [-0.15, -0.1) is 11.3 Å². The van der Waals surface area contributed by atoms with Crippen molar-refractivity contribution < 1.29 is 14.1 Å². The molecule has 3 heterocycles. The largest absolute Gasteiger partial charge is 0.497 e. The lowest BCUT2D eigenvalue weighted by Crippen LogP contribution is -2.22. The van der Waals surface area contributed by atoms with Crippen LogP contribution in [0.2, 0.25) is 0 Å². The van der Waals surface area contributed by atoms with E-state index in [1.54, 1.807) is 37.0 Å². The Bertz CT molecular complexity index is 1090. The second-order valence-electron chi connectivity index (χ2n) is 5.73. The Hall–Kier alpha value is -3.59. The highest BCUT2D eigenvalue weighted by atomic mass is 32.1. The molecule has 1 N–H and O–H groups in total. The number of carbonyl (C=O) groups excluding carboxylic acids is 1. The number of carbonyl (C=O) groups is 1. The van der Waals surface area contributed by atoms with Crippen LogP contribution in [0, 0.1) is 0 Å². The molecular weight excluding hydrogens is 378 g/mol. The summed E-state index contributed by atoms with van der Waals surface area (Å²) in [7, 11) is 1.60. The van der Waals surface area contributed by atoms with Crippen molar-refractivity contribution in [1.29, 1.82) is 0 Å². The van der Waals surface area contributed by atoms with Gasteiger partial charge < -0.3 is 14.6 Å². The molecule has 28 heavy (non-hydrogen) atoms. The Morgan fingerprint density at radius 3 is 2.89 bits per heavy atom. The standard InChI is InChI=1S/C19H15N5O3S/c1-26-14-4-2-3-12(9-14)10-21-17(25)19-22-15(11-28-19)18-23-16(24-27-18)13-5-7-20-8-6-13/h2-9,11H,10H2,1H3,(H,21,25). The molecule has 0 atom stereocenters. The van der Waals surface area contributed by atoms with Crippen molar-refractivity contribution in [3.63, 3.8) is 0 Å². The number of rotatable bonds is 6. The van der Waals surface area contributed by atoms with Gasteiger partial charge in [-0.1, -0.05) is 17.3 Å². The first-order valence-corrected chi connectivity index (χ1v) is 9.22. The first-order valence-electron chi connectivity index (χ1n) is 8.34. The van der Waals surface area contributed by atoms with E-state index in [0.717, 1.165) is 16.9 Å². The number of hydrogen-bond donors (Lipinski definition) is 1. The first-order chi connectivity index (χ1) is 13.7. The summed E-state index contributed by atoms with van der Waals surface area (Å²) in [6.07, 6.45) is 3.30. The van der Waals surface area contributed by atoms with Crippen LogP contribution in [0.15, 0.2) is 58.7 Å². The van der Waals surface area contributed by atoms with E-state index in [0.29, 0.717) is 23.1 Å². The van der Waals surface area contributed by atoms with Gasteiger partial charge in [0.1, 0.15) is 11.4 Å². The van der Waals surface area contributed by atoms with Gasteiger partial charge in [0, 0.05) is 29.9 Å². The van der Waals surface area contributed by atoms with Gasteiger partial charge in [-0.05, 0) is 29.8 Å². The highest BCUT2D eigenvalue weighted by molar-refractivity contribution is 7.12. The van der Waals surface area contributed by atoms with E-state index >= 15 is 0 Å². The number of thiazole rings is 1. The van der Waals surface area contributed by atoms with E-state index in [1.807, 2.05) is 24.3 Å². The van der Waals surface area contributed by atoms with Gasteiger partial charge in [0.25, 0.3) is 11.8 Å². The monoisotopic (exact) mass is 393 g/mol. The number of hydrogen-bond acceptors (Lipinski definition) is 8. The van der Waals surface area contributed by atoms with Gasteiger partial charge in [-0.2, -0.15) is 4.98 Å². The number of amides is 1. The molecule has 0 saturated heterocycles. The molecule has 3 aromatic heterocycles. The van der Waals surface area contributed by atoms with Crippen LogP contribution in [0.25, 0.3) is 23.0 Å². The van der Waals surface area contributed by atoms with Gasteiger partial charge in [0.2, 0.25) is 5.82 Å². The van der Waals surface area contributed by atoms with E-state index in [-0.39, 0.29) is 11.8 Å². The molecule has 4 aromatic rings. The fourth-order valence-corrected chi connectivity index (χ4v) is 3.17. The topological polar surface area (TPSA) is 103 Å². The summed E-state index contributed by atoms with van der Waals surface area (Å²) in [5.41, 5.74) is 2.18. The predicted molar refractivity (Wildman–Crippen MR) is 103 cm³/mol. The van der Waals surface area contributed by atoms with E-state index in [2.05, 4.69) is 25.4 Å². The maximum atomic E-state index is 12.4. The first kappa shape index (κ1) is 17.8. The molecule has 1 aromatic carbocycles. The molecule has 140 valence electrons. The summed E-state index contributed by atoms with van der Waals surface area (Å²) in [4.78, 5) is 25.0. The summed E-state index contributed by atoms with van der Waals surface area (Å²) in [6, 6.07) is 11.1. The summed E-state index contributed by atoms with van der Waals surface area (Å²) in [6.45, 7) is 0.373. The molecule has 0 spiro atoms. The van der Waals surface area contributed by atoms with E-state index in [9.17, 15) is 4.79 Å². The van der Waals surface area contributed by atoms with Crippen LogP contribution < -0.4 is 10.1 Å². The van der Waals surface area contributed by atoms with Crippen molar-refractivity contribution in [2.24, 2.45) is 0 Å². The highest BCUT2D eigenvalue weighted by Crippen LogP contribution is 2.23. The van der Waals surface area contributed by atoms with Gasteiger partial charge in [0.15, 0.2) is 5.01 Å². The van der Waals surface area contributed by atoms with Crippen LogP contribution in [0.5, 0.6) is 5.75 Å². The minimum absolute atomic E-state index is 0.259. The molecule has 0 aliphatic rings. The molecule has 0 saturated carbocycles. The van der Waals surface area contributed by atoms with Gasteiger partial charge in [0.05, 0.1) is 7.11 Å². The summed E-state index contributed by atoms with van der Waals surface area (Å²) >= 11 is 1.21. The summed E-state index contributed by atoms with van der Waals surface area (Å²) in [5, 5.41) is 8.82. The maximum Gasteiger partial charge on any atom is 0.280 e. The van der Waals surface area contributed by atoms with Gasteiger partial charge in [-0.3, -0.25) is 9.78 Å². The molecule has 4 rings (SSSR count). The van der Waals surface area contributed by atoms with Crippen molar-refractivity contribution in [3.8, 4) is 28.7 Å². The molecule has 0 aliphatic heterocycles. The minimum Gasteiger partial charge on any atom is -0.497 e. The minimum atomic E-state index is -0.270. The fourth-order valence-electron chi connectivity index (χ4n) is 2.46. The van der Waals surface area contributed by atoms with E-state index < -0.39 is 0 Å². The number of nitrogens with zero attached hydrogens (tertiary/aromatic N) is 4. The average Bonchev–Trinajstić information content (AvgIpc) is 3.42. The molecular formula is C19H15N5O3S. The zero-order valence-electron chi connectivity index (χ0n) is 14.8. The normalized spacial score (nSPS) is 10.6. The lowest BCUT2D eigenvalue weighted by Gasteiger charge is -2.05. The molecule has 1 amide bonds. The Labute approximate surface area is 164 Å². The van der Waals surface area contributed by atoms with E-state index in [4.69, 9.17) is 9.26 Å². The summed E-state index contributed by atoms with van der Waals surface area (Å²) in [5.74, 6) is 1.17. The quantitative estimate of drug-likeness (QED) is 0.536. The Balaban J connectivity index is 1.44. The zero-order valence-corrected chi connectivity index (χ0v) is 15.6. The average molecular weight is 393 g/mol. The van der Waals surface area contributed by atoms with Crippen molar-refractivity contribution in [3.05, 3.63) is 64.7 Å². The molecule has 9 heteroatoms. The third-order valence-corrected chi connectivity index (χ3v) is 4.71. The lowest BCUT2D eigenvalue weighted by molar-refractivity contribution is 0.0950. The third kappa shape index (κ3) is 3.89. The second-order valence-corrected chi connectivity index (χ2v) is 6.59. The molecule has 8 nitrogen and oxygen atoms in total. The van der Waals surface area contributed by atoms with Crippen LogP contribution in [0.4, 0.5) is 0 Å². The van der Waals surface area contributed by atoms with Crippen molar-refractivity contribution in [2.75, 3.05) is 7.11 Å². The number of methoxy groups -OCH3 is 1. The van der Waals surface area contributed by atoms with Crippen molar-refractivity contribution in [1.82, 2.24) is 25.4 Å². The summed E-state index contributed by atoms with van der Waals surface area (Å²) < 4.78 is 10.5. The van der Waals surface area contributed by atoms with Crippen LogP contribution in [-0.2, 0) is 6.54 Å². The lowest BCUT2D eigenvalue weighted by atomic mass is 10.2. The van der Waals surface area contributed by atoms with Gasteiger partial charge in [-0.25, -0.2) is 4.98 Å². The van der Waals surface area contributed by atoms with Crippen LogP contribution in [0.1, 0.15) is 15.4 Å². The molecule has 0 unspecified atom stereocenters. The Morgan fingerprint density at radius 1 is 1.21 bits per heavy atom. The SMILES string of the molecule is COc1cccc(CNC(=O)c2nc(-c3nc(-c4ccncc4)no3)cs2)c1. The van der Waals surface area contributed by atoms with Crippen LogP contribution in [-0.4, -0.2) is 33.1 Å². The second kappa shape index (κ2) is 7.97. The fraction of sp³-hybridized carbons (Fsp3) is 0.105. The number of ether oxygens (including phenoxy) is 1. The zero-order chi connectivity index (χ0) is 19.3. The Morgan fingerprint density at radius 2 is 2.07 bits per heavy atom. The number of nitrogens with one attached hydrogen (secondary N) is 1. The molecule has 0 aliphatic carbocycles. The Kier molecular flexibility index (Phi) is 5.07. The van der Waals surface area contributed by atoms with Crippen LogP contribution in [0.3, 0.4) is 0 Å². The number of benzene rings is 1.